The number of piperidine rings is 1. The first kappa shape index (κ1) is 21.3. The number of aromatic amines is 1. The highest BCUT2D eigenvalue weighted by molar-refractivity contribution is 5.95. The van der Waals surface area contributed by atoms with Crippen LogP contribution in [0.4, 0.5) is 4.39 Å². The topological polar surface area (TPSA) is 81.8 Å². The Hall–Kier alpha value is -2.94. The highest BCUT2D eigenvalue weighted by Gasteiger charge is 2.36. The molecule has 166 valence electrons. The zero-order valence-electron chi connectivity index (χ0n) is 17.9. The van der Waals surface area contributed by atoms with Gasteiger partial charge in [-0.25, -0.2) is 4.39 Å². The van der Waals surface area contributed by atoms with Gasteiger partial charge in [0.1, 0.15) is 12.1 Å². The number of carbonyl (C=O) groups is 2. The van der Waals surface area contributed by atoms with Crippen molar-refractivity contribution in [2.45, 2.75) is 31.9 Å². The van der Waals surface area contributed by atoms with E-state index in [0.29, 0.717) is 51.1 Å². The van der Waals surface area contributed by atoms with E-state index in [1.807, 2.05) is 23.8 Å². The van der Waals surface area contributed by atoms with Crippen molar-refractivity contribution in [3.8, 4) is 5.75 Å². The maximum Gasteiger partial charge on any atom is 0.257 e. The third-order valence-corrected chi connectivity index (χ3v) is 6.16. The third-order valence-electron chi connectivity index (χ3n) is 6.16. The number of ether oxygens (including phenoxy) is 1. The van der Waals surface area contributed by atoms with Crippen molar-refractivity contribution in [2.75, 3.05) is 39.8 Å². The van der Waals surface area contributed by atoms with E-state index in [-0.39, 0.29) is 35.5 Å². The van der Waals surface area contributed by atoms with Crippen molar-refractivity contribution in [1.29, 1.82) is 0 Å². The summed E-state index contributed by atoms with van der Waals surface area (Å²) in [6.45, 7) is 4.47. The number of nitrogens with zero attached hydrogens (tertiary/aromatic N) is 4. The molecule has 0 aliphatic carbocycles. The van der Waals surface area contributed by atoms with Crippen molar-refractivity contribution in [3.63, 3.8) is 0 Å². The van der Waals surface area contributed by atoms with E-state index in [9.17, 15) is 14.0 Å². The third kappa shape index (κ3) is 4.56. The lowest BCUT2D eigenvalue weighted by Crippen LogP contribution is -2.60. The molecule has 1 aromatic carbocycles. The lowest BCUT2D eigenvalue weighted by Gasteiger charge is -2.42. The summed E-state index contributed by atoms with van der Waals surface area (Å²) in [6.07, 6.45) is 2.71. The molecule has 2 aliphatic heterocycles. The van der Waals surface area contributed by atoms with Gasteiger partial charge in [0.15, 0.2) is 11.6 Å². The molecule has 3 heterocycles. The molecule has 0 spiro atoms. The normalized spacial score (nSPS) is 20.7. The van der Waals surface area contributed by atoms with Crippen molar-refractivity contribution < 1.29 is 18.7 Å². The number of para-hydroxylation sites is 1. The fourth-order valence-electron chi connectivity index (χ4n) is 4.19. The zero-order chi connectivity index (χ0) is 22.0. The number of aryl methyl sites for hydroxylation is 1. The molecule has 0 unspecified atom stereocenters. The molecule has 2 saturated heterocycles. The minimum Gasteiger partial charge on any atom is -0.487 e. The van der Waals surface area contributed by atoms with E-state index >= 15 is 0 Å². The van der Waals surface area contributed by atoms with Gasteiger partial charge in [-0.15, -0.1) is 0 Å². The smallest absolute Gasteiger partial charge is 0.257 e. The molecule has 0 bridgehead atoms. The molecule has 0 saturated carbocycles. The van der Waals surface area contributed by atoms with Crippen molar-refractivity contribution >= 4 is 11.8 Å². The molecule has 2 aliphatic rings. The van der Waals surface area contributed by atoms with Gasteiger partial charge in [-0.3, -0.25) is 19.6 Å². The maximum atomic E-state index is 13.8. The summed E-state index contributed by atoms with van der Waals surface area (Å²) in [5.41, 5.74) is 1.27. The van der Waals surface area contributed by atoms with E-state index in [1.54, 1.807) is 23.1 Å². The van der Waals surface area contributed by atoms with Crippen LogP contribution in [-0.2, 0) is 4.79 Å². The average molecular weight is 429 g/mol. The fraction of sp³-hybridized carbons (Fsp3) is 0.500. The standard InChI is InChI=1S/C22H28FN5O3/c1-15-17(13-24-25-15)21(29)28-12-11-26(2)19(14-28)22(30)27-9-7-16(8-10-27)31-20-6-4-3-5-18(20)23/h3-6,13,16,19H,7-12,14H2,1-2H3,(H,24,25)/t19-/m1/s1. The Balaban J connectivity index is 1.35. The predicted molar refractivity (Wildman–Crippen MR) is 112 cm³/mol. The maximum absolute atomic E-state index is 13.8. The van der Waals surface area contributed by atoms with Gasteiger partial charge in [0.25, 0.3) is 5.91 Å². The van der Waals surface area contributed by atoms with Gasteiger partial charge in [-0.05, 0) is 26.1 Å². The molecule has 2 aromatic rings. The Labute approximate surface area is 180 Å². The summed E-state index contributed by atoms with van der Waals surface area (Å²) < 4.78 is 19.6. The van der Waals surface area contributed by atoms with Crippen LogP contribution in [0.25, 0.3) is 0 Å². The largest absolute Gasteiger partial charge is 0.487 e. The number of likely N-dealkylation sites (N-methyl/N-ethyl adjacent to an activating group) is 1. The van der Waals surface area contributed by atoms with E-state index in [1.165, 1.54) is 12.3 Å². The van der Waals surface area contributed by atoms with Gasteiger partial charge in [0.05, 0.1) is 11.8 Å². The summed E-state index contributed by atoms with van der Waals surface area (Å²) in [5, 5.41) is 6.72. The quantitative estimate of drug-likeness (QED) is 0.800. The van der Waals surface area contributed by atoms with Gasteiger partial charge >= 0.3 is 0 Å². The van der Waals surface area contributed by atoms with Gasteiger partial charge < -0.3 is 14.5 Å². The Bertz CT molecular complexity index is 941. The van der Waals surface area contributed by atoms with Crippen LogP contribution in [0.15, 0.2) is 30.5 Å². The van der Waals surface area contributed by atoms with Crippen LogP contribution in [0.5, 0.6) is 5.75 Å². The summed E-state index contributed by atoms with van der Waals surface area (Å²) in [7, 11) is 1.92. The van der Waals surface area contributed by atoms with Crippen LogP contribution in [0, 0.1) is 12.7 Å². The number of carbonyl (C=O) groups excluding carboxylic acids is 2. The first-order valence-electron chi connectivity index (χ1n) is 10.6. The molecular formula is C22H28FN5O3. The fourth-order valence-corrected chi connectivity index (χ4v) is 4.19. The molecule has 31 heavy (non-hydrogen) atoms. The van der Waals surface area contributed by atoms with Crippen molar-refractivity contribution in [3.05, 3.63) is 47.5 Å². The molecule has 8 nitrogen and oxygen atoms in total. The molecule has 0 radical (unpaired) electrons. The number of rotatable bonds is 4. The summed E-state index contributed by atoms with van der Waals surface area (Å²) in [5.74, 6) is -0.201. The number of hydrogen-bond acceptors (Lipinski definition) is 5. The number of nitrogens with one attached hydrogen (secondary N) is 1. The molecule has 1 atom stereocenters. The second-order valence-corrected chi connectivity index (χ2v) is 8.23. The first-order chi connectivity index (χ1) is 14.9. The van der Waals surface area contributed by atoms with Crippen LogP contribution in [0.1, 0.15) is 28.9 Å². The van der Waals surface area contributed by atoms with E-state index in [0.717, 1.165) is 5.69 Å². The molecule has 9 heteroatoms. The van der Waals surface area contributed by atoms with Gasteiger partial charge in [-0.1, -0.05) is 12.1 Å². The first-order valence-corrected chi connectivity index (χ1v) is 10.6. The number of hydrogen-bond donors (Lipinski definition) is 1. The van der Waals surface area contributed by atoms with Crippen LogP contribution >= 0.6 is 0 Å². The Kier molecular flexibility index (Phi) is 6.22. The lowest BCUT2D eigenvalue weighted by atomic mass is 10.0. The second kappa shape index (κ2) is 9.05. The molecule has 2 fully saturated rings. The number of benzene rings is 1. The highest BCUT2D eigenvalue weighted by Crippen LogP contribution is 2.23. The van der Waals surface area contributed by atoms with Gasteiger partial charge in [-0.2, -0.15) is 5.10 Å². The SMILES string of the molecule is Cc1[nH]ncc1C(=O)N1CCN(C)[C@@H](C(=O)N2CCC(Oc3ccccc3F)CC2)C1. The predicted octanol–water partition coefficient (Wildman–Crippen LogP) is 1.68. The molecule has 4 rings (SSSR count). The minimum absolute atomic E-state index is 0.0215. The lowest BCUT2D eigenvalue weighted by molar-refractivity contribution is -0.140. The van der Waals surface area contributed by atoms with E-state index in [4.69, 9.17) is 4.74 Å². The Morgan fingerprint density at radius 2 is 1.87 bits per heavy atom. The van der Waals surface area contributed by atoms with Crippen LogP contribution in [0.3, 0.4) is 0 Å². The molecule has 2 amide bonds. The van der Waals surface area contributed by atoms with Gasteiger partial charge in [0, 0.05) is 51.3 Å². The Morgan fingerprint density at radius 1 is 1.13 bits per heavy atom. The summed E-state index contributed by atoms with van der Waals surface area (Å²) >= 11 is 0. The molecular weight excluding hydrogens is 401 g/mol. The minimum atomic E-state index is -0.381. The molecule has 1 aromatic heterocycles. The number of H-pyrrole nitrogens is 1. The van der Waals surface area contributed by atoms with Crippen molar-refractivity contribution in [1.82, 2.24) is 24.9 Å². The van der Waals surface area contributed by atoms with Crippen molar-refractivity contribution in [2.24, 2.45) is 0 Å². The molecule has 1 N–H and O–H groups in total. The van der Waals surface area contributed by atoms with Crippen LogP contribution in [-0.4, -0.2) is 88.6 Å². The highest BCUT2D eigenvalue weighted by atomic mass is 19.1. The zero-order valence-corrected chi connectivity index (χ0v) is 17.9. The average Bonchev–Trinajstić information content (AvgIpc) is 3.21. The monoisotopic (exact) mass is 429 g/mol. The summed E-state index contributed by atoms with van der Waals surface area (Å²) in [4.78, 5) is 31.7. The Morgan fingerprint density at radius 3 is 2.55 bits per heavy atom. The number of piperazine rings is 1. The van der Waals surface area contributed by atoms with Gasteiger partial charge in [0.2, 0.25) is 5.91 Å². The summed E-state index contributed by atoms with van der Waals surface area (Å²) in [6, 6.07) is 6.00. The second-order valence-electron chi connectivity index (χ2n) is 8.23. The van der Waals surface area contributed by atoms with E-state index < -0.39 is 0 Å². The number of aromatic nitrogens is 2. The number of halogens is 1. The van der Waals surface area contributed by atoms with E-state index in [2.05, 4.69) is 10.2 Å². The number of likely N-dealkylation sites (tertiary alicyclic amines) is 1. The van der Waals surface area contributed by atoms with Crippen LogP contribution < -0.4 is 4.74 Å². The van der Waals surface area contributed by atoms with Crippen LogP contribution in [0.2, 0.25) is 0 Å². The number of amides is 2.